The number of amides is 2. The van der Waals surface area contributed by atoms with Gasteiger partial charge in [-0.2, -0.15) is 0 Å². The van der Waals surface area contributed by atoms with E-state index < -0.39 is 5.97 Å². The van der Waals surface area contributed by atoms with Crippen molar-refractivity contribution in [3.05, 3.63) is 0 Å². The highest BCUT2D eigenvalue weighted by Crippen LogP contribution is 2.18. The minimum atomic E-state index is -0.844. The highest BCUT2D eigenvalue weighted by Gasteiger charge is 2.30. The third-order valence-electron chi connectivity index (χ3n) is 4.14. The molecule has 1 atom stereocenters. The summed E-state index contributed by atoms with van der Waals surface area (Å²) in [6, 6.07) is 0.233. The van der Waals surface area contributed by atoms with Gasteiger partial charge in [0.25, 0.3) is 0 Å². The summed E-state index contributed by atoms with van der Waals surface area (Å²) in [6.45, 7) is 2.91. The summed E-state index contributed by atoms with van der Waals surface area (Å²) in [4.78, 5) is 26.4. The first-order valence-electron chi connectivity index (χ1n) is 7.51. The van der Waals surface area contributed by atoms with Gasteiger partial charge in [0, 0.05) is 26.7 Å². The van der Waals surface area contributed by atoms with Gasteiger partial charge in [0.1, 0.15) is 0 Å². The number of hydrogen-bond donors (Lipinski definition) is 1. The summed E-state index contributed by atoms with van der Waals surface area (Å²) in [7, 11) is 1.83. The van der Waals surface area contributed by atoms with E-state index in [1.807, 2.05) is 11.9 Å². The number of rotatable bonds is 5. The first-order chi connectivity index (χ1) is 10.1. The number of likely N-dealkylation sites (tertiary alicyclic amines) is 1. The van der Waals surface area contributed by atoms with Gasteiger partial charge in [-0.05, 0) is 19.3 Å². The molecular weight excluding hydrogens is 276 g/mol. The molecule has 2 heterocycles. The molecule has 2 aliphatic rings. The zero-order chi connectivity index (χ0) is 15.2. The van der Waals surface area contributed by atoms with Crippen LogP contribution in [0.1, 0.15) is 25.7 Å². The molecule has 0 aromatic carbocycles. The Morgan fingerprint density at radius 2 is 2.05 bits per heavy atom. The highest BCUT2D eigenvalue weighted by atomic mass is 16.5. The average Bonchev–Trinajstić information content (AvgIpc) is 3.00. The van der Waals surface area contributed by atoms with Gasteiger partial charge in [-0.25, -0.2) is 4.79 Å². The summed E-state index contributed by atoms with van der Waals surface area (Å²) in [5.41, 5.74) is 0. The van der Waals surface area contributed by atoms with Crippen LogP contribution < -0.4 is 0 Å². The van der Waals surface area contributed by atoms with Crippen molar-refractivity contribution in [1.82, 2.24) is 9.80 Å². The van der Waals surface area contributed by atoms with Gasteiger partial charge in [-0.15, -0.1) is 0 Å². The van der Waals surface area contributed by atoms with Crippen LogP contribution in [0.15, 0.2) is 0 Å². The number of carbonyl (C=O) groups excluding carboxylic acids is 1. The maximum absolute atomic E-state index is 12.4. The molecule has 0 aromatic heterocycles. The normalized spacial score (nSPS) is 23.3. The Bertz CT molecular complexity index is 362. The van der Waals surface area contributed by atoms with E-state index in [0.717, 1.165) is 25.9 Å². The monoisotopic (exact) mass is 300 g/mol. The van der Waals surface area contributed by atoms with Crippen molar-refractivity contribution < 1.29 is 24.2 Å². The summed E-state index contributed by atoms with van der Waals surface area (Å²) < 4.78 is 10.8. The van der Waals surface area contributed by atoms with Crippen molar-refractivity contribution >= 4 is 12.0 Å². The van der Waals surface area contributed by atoms with Crippen LogP contribution in [-0.2, 0) is 14.3 Å². The van der Waals surface area contributed by atoms with Gasteiger partial charge in [-0.3, -0.25) is 4.79 Å². The summed E-state index contributed by atoms with van der Waals surface area (Å²) in [5, 5.41) is 8.57. The molecule has 1 N–H and O–H groups in total. The van der Waals surface area contributed by atoms with Crippen LogP contribution in [0, 0.1) is 0 Å². The molecule has 1 unspecified atom stereocenters. The zero-order valence-electron chi connectivity index (χ0n) is 12.5. The van der Waals surface area contributed by atoms with E-state index in [0.29, 0.717) is 19.7 Å². The van der Waals surface area contributed by atoms with Crippen molar-refractivity contribution in [2.75, 3.05) is 40.0 Å². The number of urea groups is 1. The van der Waals surface area contributed by atoms with Crippen LogP contribution in [0.25, 0.3) is 0 Å². The number of carboxylic acid groups (broad SMARTS) is 1. The van der Waals surface area contributed by atoms with Gasteiger partial charge in [0.15, 0.2) is 0 Å². The number of carboxylic acids is 1. The molecule has 2 fully saturated rings. The van der Waals surface area contributed by atoms with E-state index in [-0.39, 0.29) is 31.2 Å². The van der Waals surface area contributed by atoms with Crippen LogP contribution >= 0.6 is 0 Å². The van der Waals surface area contributed by atoms with Crippen LogP contribution in [0.2, 0.25) is 0 Å². The SMILES string of the molecule is CN(C(=O)N1CCC(OCCC(=O)O)CC1)C1CCOC1. The minimum Gasteiger partial charge on any atom is -0.481 e. The summed E-state index contributed by atoms with van der Waals surface area (Å²) >= 11 is 0. The molecule has 0 aliphatic carbocycles. The second kappa shape index (κ2) is 7.61. The molecule has 2 aliphatic heterocycles. The van der Waals surface area contributed by atoms with Crippen LogP contribution in [0.3, 0.4) is 0 Å². The van der Waals surface area contributed by atoms with Gasteiger partial charge in [0.2, 0.25) is 0 Å². The molecule has 0 aromatic rings. The number of hydrogen-bond acceptors (Lipinski definition) is 4. The first-order valence-corrected chi connectivity index (χ1v) is 7.51. The van der Waals surface area contributed by atoms with Crippen molar-refractivity contribution in [3.8, 4) is 0 Å². The highest BCUT2D eigenvalue weighted by molar-refractivity contribution is 5.74. The lowest BCUT2D eigenvalue weighted by atomic mass is 10.1. The molecular formula is C14H24N2O5. The van der Waals surface area contributed by atoms with E-state index >= 15 is 0 Å². The molecule has 7 nitrogen and oxygen atoms in total. The Balaban J connectivity index is 1.70. The summed E-state index contributed by atoms with van der Waals surface area (Å²) in [5.74, 6) is -0.844. The number of ether oxygens (including phenoxy) is 2. The lowest BCUT2D eigenvalue weighted by molar-refractivity contribution is -0.138. The third-order valence-corrected chi connectivity index (χ3v) is 4.14. The van der Waals surface area contributed by atoms with Gasteiger partial charge < -0.3 is 24.4 Å². The van der Waals surface area contributed by atoms with E-state index in [9.17, 15) is 9.59 Å². The maximum Gasteiger partial charge on any atom is 0.320 e. The Kier molecular flexibility index (Phi) is 5.81. The second-order valence-electron chi connectivity index (χ2n) is 5.61. The number of nitrogens with zero attached hydrogens (tertiary/aromatic N) is 2. The fourth-order valence-corrected chi connectivity index (χ4v) is 2.73. The molecule has 21 heavy (non-hydrogen) atoms. The Labute approximate surface area is 124 Å². The van der Waals surface area contributed by atoms with E-state index in [2.05, 4.69) is 0 Å². The lowest BCUT2D eigenvalue weighted by Gasteiger charge is -2.36. The van der Waals surface area contributed by atoms with Gasteiger partial charge in [0.05, 0.1) is 31.8 Å². The first kappa shape index (κ1) is 16.0. The molecule has 0 spiro atoms. The zero-order valence-corrected chi connectivity index (χ0v) is 12.5. The number of likely N-dealkylation sites (N-methyl/N-ethyl adjacent to an activating group) is 1. The quantitative estimate of drug-likeness (QED) is 0.812. The van der Waals surface area contributed by atoms with E-state index in [1.165, 1.54) is 0 Å². The van der Waals surface area contributed by atoms with Crippen molar-refractivity contribution in [1.29, 1.82) is 0 Å². The molecule has 2 saturated heterocycles. The Morgan fingerprint density at radius 3 is 2.62 bits per heavy atom. The molecule has 2 amide bonds. The number of aliphatic carboxylic acids is 1. The fourth-order valence-electron chi connectivity index (χ4n) is 2.73. The van der Waals surface area contributed by atoms with Crippen LogP contribution in [0.5, 0.6) is 0 Å². The predicted molar refractivity (Wildman–Crippen MR) is 75.2 cm³/mol. The van der Waals surface area contributed by atoms with Gasteiger partial charge in [-0.1, -0.05) is 0 Å². The molecule has 0 radical (unpaired) electrons. The van der Waals surface area contributed by atoms with Crippen molar-refractivity contribution in [3.63, 3.8) is 0 Å². The topological polar surface area (TPSA) is 79.3 Å². The number of piperidine rings is 1. The number of carbonyl (C=O) groups is 2. The minimum absolute atomic E-state index is 0.0313. The van der Waals surface area contributed by atoms with E-state index in [1.54, 1.807) is 4.90 Å². The van der Waals surface area contributed by atoms with Crippen molar-refractivity contribution in [2.45, 2.75) is 37.8 Å². The lowest BCUT2D eigenvalue weighted by Crippen LogP contribution is -2.49. The smallest absolute Gasteiger partial charge is 0.320 e. The Morgan fingerprint density at radius 1 is 1.33 bits per heavy atom. The summed E-state index contributed by atoms with van der Waals surface area (Å²) in [6.07, 6.45) is 2.52. The average molecular weight is 300 g/mol. The fraction of sp³-hybridized carbons (Fsp3) is 0.857. The standard InChI is InChI=1S/C14H24N2O5/c1-15(11-4-8-20-10-11)14(19)16-6-2-12(3-7-16)21-9-5-13(17)18/h11-12H,2-10H2,1H3,(H,17,18). The molecule has 0 bridgehead atoms. The Hall–Kier alpha value is -1.34. The van der Waals surface area contributed by atoms with Crippen LogP contribution in [-0.4, -0.2) is 79.0 Å². The molecule has 120 valence electrons. The maximum atomic E-state index is 12.4. The molecule has 0 saturated carbocycles. The van der Waals surface area contributed by atoms with E-state index in [4.69, 9.17) is 14.6 Å². The predicted octanol–water partition coefficient (Wildman–Crippen LogP) is 0.783. The largest absolute Gasteiger partial charge is 0.481 e. The van der Waals surface area contributed by atoms with Crippen molar-refractivity contribution in [2.24, 2.45) is 0 Å². The van der Waals surface area contributed by atoms with Gasteiger partial charge >= 0.3 is 12.0 Å². The molecule has 7 heteroatoms. The third kappa shape index (κ3) is 4.57. The molecule has 2 rings (SSSR count). The van der Waals surface area contributed by atoms with Crippen LogP contribution in [0.4, 0.5) is 4.79 Å². The second-order valence-corrected chi connectivity index (χ2v) is 5.61.